The van der Waals surface area contributed by atoms with Crippen LogP contribution < -0.4 is 5.32 Å². The van der Waals surface area contributed by atoms with Crippen molar-refractivity contribution in [1.82, 2.24) is 4.90 Å². The van der Waals surface area contributed by atoms with Crippen LogP contribution in [0.5, 0.6) is 0 Å². The summed E-state index contributed by atoms with van der Waals surface area (Å²) < 4.78 is 51.4. The van der Waals surface area contributed by atoms with E-state index < -0.39 is 35.0 Å². The normalized spacial score (nSPS) is 19.3. The van der Waals surface area contributed by atoms with Gasteiger partial charge in [-0.3, -0.25) is 9.59 Å². The summed E-state index contributed by atoms with van der Waals surface area (Å²) in [5, 5.41) is 20.9. The molecule has 0 aromatic heterocycles. The summed E-state index contributed by atoms with van der Waals surface area (Å²) in [6, 6.07) is 9.77. The summed E-state index contributed by atoms with van der Waals surface area (Å²) in [5.74, 6) is -1.95. The number of aliphatic hydroxyl groups excluding tert-OH is 1. The molecule has 1 heterocycles. The fourth-order valence-electron chi connectivity index (χ4n) is 3.26. The summed E-state index contributed by atoms with van der Waals surface area (Å²) in [6.45, 7) is 1.12. The van der Waals surface area contributed by atoms with Crippen LogP contribution in [-0.4, -0.2) is 62.5 Å². The quantitative estimate of drug-likeness (QED) is 0.525. The molecule has 7 nitrogen and oxygen atoms in total. The van der Waals surface area contributed by atoms with Gasteiger partial charge in [0.05, 0.1) is 16.8 Å². The molecule has 0 bridgehead atoms. The molecule has 2 aromatic carbocycles. The number of nitrogens with one attached hydrogen (secondary N) is 1. The third-order valence-corrected chi connectivity index (χ3v) is 7.09. The molecule has 3 N–H and O–H groups in total. The molecule has 3 rings (SSSR count). The van der Waals surface area contributed by atoms with Crippen molar-refractivity contribution in [3.63, 3.8) is 0 Å². The van der Waals surface area contributed by atoms with Crippen LogP contribution in [0, 0.1) is 0 Å². The Balaban J connectivity index is 1.71. The minimum Gasteiger partial charge on any atom is -0.606 e. The summed E-state index contributed by atoms with van der Waals surface area (Å²) in [7, 11) is 0. The molecule has 34 heavy (non-hydrogen) atoms. The van der Waals surface area contributed by atoms with Gasteiger partial charge >= 0.3 is 6.18 Å². The first-order valence-electron chi connectivity index (χ1n) is 10.2. The zero-order valence-electron chi connectivity index (χ0n) is 17.9. The Morgan fingerprint density at radius 2 is 1.79 bits per heavy atom. The van der Waals surface area contributed by atoms with Crippen LogP contribution in [0.1, 0.15) is 30.1 Å². The minimum absolute atomic E-state index is 0.173. The molecular weight excluding hydrogens is 497 g/mol. The van der Waals surface area contributed by atoms with Crippen LogP contribution in [0.2, 0.25) is 5.02 Å². The number of nitrogens with zero attached hydrogens (tertiary/aromatic N) is 1. The van der Waals surface area contributed by atoms with Gasteiger partial charge in [-0.25, -0.2) is 0 Å². The van der Waals surface area contributed by atoms with Gasteiger partial charge in [-0.2, -0.15) is 13.2 Å². The second-order valence-electron chi connectivity index (χ2n) is 8.01. The number of β-amino-alcohol motifs (C(OH)–C–C–N with tert-alkyl or cyclic N) is 1. The molecule has 1 fully saturated rings. The van der Waals surface area contributed by atoms with Crippen molar-refractivity contribution in [3.05, 3.63) is 53.1 Å². The maximum Gasteiger partial charge on any atom is 0.426 e. The predicted octanol–water partition coefficient (Wildman–Crippen LogP) is 3.36. The molecule has 184 valence electrons. The number of amides is 2. The predicted molar refractivity (Wildman–Crippen MR) is 119 cm³/mol. The molecule has 1 aliphatic rings. The summed E-state index contributed by atoms with van der Waals surface area (Å²) in [6.07, 6.45) is -4.39. The smallest absolute Gasteiger partial charge is 0.426 e. The zero-order valence-corrected chi connectivity index (χ0v) is 19.5. The van der Waals surface area contributed by atoms with E-state index in [2.05, 4.69) is 0 Å². The third kappa shape index (κ3) is 5.66. The second-order valence-corrected chi connectivity index (χ2v) is 9.89. The largest absolute Gasteiger partial charge is 0.606 e. The topological polar surface area (TPSA) is 113 Å². The number of hydrogen-bond donors (Lipinski definition) is 3. The highest BCUT2D eigenvalue weighted by Crippen LogP contribution is 2.33. The maximum absolute atomic E-state index is 12.9. The van der Waals surface area contributed by atoms with Crippen molar-refractivity contribution >= 4 is 40.3 Å². The summed E-state index contributed by atoms with van der Waals surface area (Å²) in [5.41, 5.74) is -3.44. The Hall–Kier alpha value is -2.31. The van der Waals surface area contributed by atoms with E-state index in [4.69, 9.17) is 11.6 Å². The molecule has 2 amide bonds. The molecule has 0 spiro atoms. The van der Waals surface area contributed by atoms with E-state index in [0.717, 1.165) is 0 Å². The van der Waals surface area contributed by atoms with E-state index in [1.165, 1.54) is 42.5 Å². The van der Waals surface area contributed by atoms with Gasteiger partial charge in [-0.15, -0.1) is 0 Å². The van der Waals surface area contributed by atoms with Crippen molar-refractivity contribution in [2.45, 2.75) is 47.4 Å². The highest BCUT2D eigenvalue weighted by Gasteiger charge is 2.55. The van der Waals surface area contributed by atoms with Crippen LogP contribution in [0.15, 0.2) is 52.3 Å². The first-order chi connectivity index (χ1) is 15.8. The van der Waals surface area contributed by atoms with Crippen molar-refractivity contribution in [3.8, 4) is 0 Å². The Kier molecular flexibility index (Phi) is 7.83. The number of alkyl halides is 3. The van der Waals surface area contributed by atoms with Gasteiger partial charge in [0, 0.05) is 35.9 Å². The molecule has 0 aliphatic carbocycles. The molecule has 12 heteroatoms. The lowest BCUT2D eigenvalue weighted by Crippen LogP contribution is -2.52. The first kappa shape index (κ1) is 26.3. The lowest BCUT2D eigenvalue weighted by molar-refractivity contribution is -0.242. The molecule has 1 aliphatic heterocycles. The van der Waals surface area contributed by atoms with E-state index in [9.17, 15) is 37.5 Å². The molecule has 0 saturated carbocycles. The third-order valence-electron chi connectivity index (χ3n) is 5.40. The first-order valence-corrected chi connectivity index (χ1v) is 11.7. The highest BCUT2D eigenvalue weighted by molar-refractivity contribution is 7.91. The van der Waals surface area contributed by atoms with Crippen LogP contribution in [-0.2, 0) is 16.0 Å². The van der Waals surface area contributed by atoms with Gasteiger partial charge in [-0.05, 0) is 56.2 Å². The van der Waals surface area contributed by atoms with Crippen LogP contribution in [0.4, 0.5) is 18.9 Å². The minimum atomic E-state index is -5.19. The van der Waals surface area contributed by atoms with Crippen LogP contribution in [0.3, 0.4) is 0 Å². The number of rotatable bonds is 5. The van der Waals surface area contributed by atoms with Crippen LogP contribution >= 0.6 is 11.6 Å². The second kappa shape index (κ2) is 10.1. The fraction of sp³-hybridized carbons (Fsp3) is 0.364. The number of halogens is 4. The van der Waals surface area contributed by atoms with Gasteiger partial charge in [0.25, 0.3) is 11.8 Å². The van der Waals surface area contributed by atoms with Gasteiger partial charge in [-0.1, -0.05) is 11.6 Å². The summed E-state index contributed by atoms with van der Waals surface area (Å²) in [4.78, 5) is 26.6. The van der Waals surface area contributed by atoms with E-state index in [-0.39, 0.29) is 28.1 Å². The number of benzene rings is 2. The average molecular weight is 519 g/mol. The maximum atomic E-state index is 12.9. The number of carbonyl (C=O) groups excluding carboxylic acids is 2. The van der Waals surface area contributed by atoms with Crippen molar-refractivity contribution in [2.24, 2.45) is 0 Å². The molecule has 0 radical (unpaired) electrons. The van der Waals surface area contributed by atoms with Crippen molar-refractivity contribution in [1.29, 1.82) is 0 Å². The number of carbonyl (C=O) groups is 2. The molecule has 1 saturated heterocycles. The van der Waals surface area contributed by atoms with E-state index in [1.54, 1.807) is 4.90 Å². The lowest BCUT2D eigenvalue weighted by atomic mass is 10.1. The Morgan fingerprint density at radius 3 is 2.35 bits per heavy atom. The SMILES string of the molecule is CC(O)(C(=O)Nc1ccc([S+]([O-])c2ccc(C(=O)N3CCCC(O)C3)cc2)cc1Cl)C(F)(F)F. The van der Waals surface area contributed by atoms with E-state index in [0.29, 0.717) is 36.8 Å². The molecule has 3 atom stereocenters. The number of aliphatic hydroxyl groups is 2. The lowest BCUT2D eigenvalue weighted by Gasteiger charge is -2.30. The fourth-order valence-corrected chi connectivity index (χ4v) is 4.63. The monoisotopic (exact) mass is 518 g/mol. The number of piperidine rings is 1. The van der Waals surface area contributed by atoms with Crippen molar-refractivity contribution in [2.75, 3.05) is 18.4 Å². The average Bonchev–Trinajstić information content (AvgIpc) is 2.78. The number of anilines is 1. The Bertz CT molecular complexity index is 1070. The van der Waals surface area contributed by atoms with Gasteiger partial charge in [0.1, 0.15) is 0 Å². The van der Waals surface area contributed by atoms with E-state index in [1.807, 2.05) is 5.32 Å². The molecular formula is C22H22ClF3N2O5S. The Morgan fingerprint density at radius 1 is 1.18 bits per heavy atom. The number of likely N-dealkylation sites (tertiary alicyclic amines) is 1. The summed E-state index contributed by atoms with van der Waals surface area (Å²) >= 11 is 4.32. The zero-order chi connectivity index (χ0) is 25.3. The highest BCUT2D eigenvalue weighted by atomic mass is 35.5. The van der Waals surface area contributed by atoms with Crippen molar-refractivity contribution < 1.29 is 37.5 Å². The standard InChI is InChI=1S/C22H22ClF3N2O5S/c1-21(32,22(24,25)26)20(31)27-18-9-8-16(11-17(18)23)34(33)15-6-4-13(5-7-15)19(30)28-10-2-3-14(29)12-28/h4-9,11,14,29,32H,2-3,10,12H2,1H3,(H,27,31). The van der Waals surface area contributed by atoms with E-state index >= 15 is 0 Å². The molecule has 3 unspecified atom stereocenters. The molecule has 2 aromatic rings. The van der Waals surface area contributed by atoms with Gasteiger partial charge in [0.15, 0.2) is 9.79 Å². The van der Waals surface area contributed by atoms with Gasteiger partial charge in [0.2, 0.25) is 5.60 Å². The van der Waals surface area contributed by atoms with Crippen LogP contribution in [0.25, 0.3) is 0 Å². The number of hydrogen-bond acceptors (Lipinski definition) is 5. The van der Waals surface area contributed by atoms with Gasteiger partial charge < -0.3 is 25.0 Å². The Labute approximate surface area is 201 Å².